The maximum atomic E-state index is 5.38. The number of nitrogens with one attached hydrogen (secondary N) is 2. The Balaban J connectivity index is 0. The van der Waals surface area contributed by atoms with Crippen molar-refractivity contribution in [1.29, 1.82) is 0 Å². The molecule has 0 saturated carbocycles. The van der Waals surface area contributed by atoms with Crippen molar-refractivity contribution >= 4 is 11.6 Å². The van der Waals surface area contributed by atoms with Crippen LogP contribution in [-0.4, -0.2) is 45.7 Å². The molecule has 0 aliphatic heterocycles. The summed E-state index contributed by atoms with van der Waals surface area (Å²) in [6, 6.07) is 0. The highest BCUT2D eigenvalue weighted by molar-refractivity contribution is 6.15. The lowest BCUT2D eigenvalue weighted by Crippen LogP contribution is -2.22. The molecule has 0 aliphatic rings. The van der Waals surface area contributed by atoms with Crippen molar-refractivity contribution in [2.45, 2.75) is 25.7 Å². The topological polar surface area (TPSA) is 76.1 Å². The Morgan fingerprint density at radius 2 is 1.00 bits per heavy atom. The molecule has 0 aromatic rings. The number of hydrogen-bond donors (Lipinski definition) is 4. The first-order valence-corrected chi connectivity index (χ1v) is 6.86. The molecular formula is C11H29ClN4. The number of halogens is 1. The Hall–Kier alpha value is 0.130. The standard InChI is InChI=1S/C10H26N4.CH3Cl/c11-5-3-9-13-7-1-2-8-14-10-4-6-12;1-2/h13-14H,1-12H2;1H3. The summed E-state index contributed by atoms with van der Waals surface area (Å²) in [6.45, 7) is 5.90. The molecule has 16 heavy (non-hydrogen) atoms. The van der Waals surface area contributed by atoms with Crippen molar-refractivity contribution in [3.63, 3.8) is 0 Å². The molecule has 0 unspecified atom stereocenters. The SMILES string of the molecule is CCl.NCCCNCCCCNCCCN. The average molecular weight is 253 g/mol. The van der Waals surface area contributed by atoms with Gasteiger partial charge in [0, 0.05) is 6.38 Å². The summed E-state index contributed by atoms with van der Waals surface area (Å²) < 4.78 is 0. The highest BCUT2D eigenvalue weighted by atomic mass is 35.5. The Labute approximate surface area is 105 Å². The van der Waals surface area contributed by atoms with Crippen molar-refractivity contribution < 1.29 is 0 Å². The van der Waals surface area contributed by atoms with Crippen LogP contribution >= 0.6 is 11.6 Å². The third-order valence-electron chi connectivity index (χ3n) is 2.07. The Morgan fingerprint density at radius 3 is 1.31 bits per heavy atom. The van der Waals surface area contributed by atoms with Crippen LogP contribution in [-0.2, 0) is 0 Å². The number of nitrogens with two attached hydrogens (primary N) is 2. The van der Waals surface area contributed by atoms with E-state index in [1.807, 2.05) is 0 Å². The molecule has 0 radical (unpaired) electrons. The van der Waals surface area contributed by atoms with Gasteiger partial charge in [0.05, 0.1) is 0 Å². The molecule has 0 fully saturated rings. The number of rotatable bonds is 11. The molecule has 0 aliphatic carbocycles. The zero-order valence-electron chi connectivity index (χ0n) is 10.6. The minimum Gasteiger partial charge on any atom is -0.330 e. The van der Waals surface area contributed by atoms with E-state index in [0.29, 0.717) is 0 Å². The van der Waals surface area contributed by atoms with Gasteiger partial charge in [-0.25, -0.2) is 0 Å². The number of alkyl halides is 1. The van der Waals surface area contributed by atoms with Gasteiger partial charge in [0.25, 0.3) is 0 Å². The summed E-state index contributed by atoms with van der Waals surface area (Å²) in [5.41, 5.74) is 10.8. The first-order valence-electron chi connectivity index (χ1n) is 6.11. The van der Waals surface area contributed by atoms with E-state index in [1.165, 1.54) is 19.2 Å². The van der Waals surface area contributed by atoms with E-state index in [4.69, 9.17) is 11.5 Å². The van der Waals surface area contributed by atoms with Gasteiger partial charge in [-0.1, -0.05) is 0 Å². The molecule has 4 nitrogen and oxygen atoms in total. The van der Waals surface area contributed by atoms with Gasteiger partial charge < -0.3 is 22.1 Å². The van der Waals surface area contributed by atoms with Crippen molar-refractivity contribution in [3.8, 4) is 0 Å². The lowest BCUT2D eigenvalue weighted by atomic mass is 10.3. The molecule has 0 spiro atoms. The van der Waals surface area contributed by atoms with E-state index >= 15 is 0 Å². The summed E-state index contributed by atoms with van der Waals surface area (Å²) >= 11 is 4.64. The summed E-state index contributed by atoms with van der Waals surface area (Å²) in [4.78, 5) is 0. The summed E-state index contributed by atoms with van der Waals surface area (Å²) in [7, 11) is 0. The van der Waals surface area contributed by atoms with Crippen molar-refractivity contribution in [1.82, 2.24) is 10.6 Å². The molecule has 0 rings (SSSR count). The molecule has 100 valence electrons. The smallest absolute Gasteiger partial charge is 0.0108 e. The van der Waals surface area contributed by atoms with Gasteiger partial charge in [0.15, 0.2) is 0 Å². The molecule has 6 N–H and O–H groups in total. The van der Waals surface area contributed by atoms with Gasteiger partial charge in [-0.2, -0.15) is 0 Å². The second kappa shape index (κ2) is 20.5. The minimum absolute atomic E-state index is 0.785. The van der Waals surface area contributed by atoms with E-state index in [0.717, 1.165) is 52.1 Å². The predicted molar refractivity (Wildman–Crippen MR) is 74.1 cm³/mol. The van der Waals surface area contributed by atoms with Crippen molar-refractivity contribution in [3.05, 3.63) is 0 Å². The largest absolute Gasteiger partial charge is 0.330 e. The van der Waals surface area contributed by atoms with Crippen molar-refractivity contribution in [2.24, 2.45) is 11.5 Å². The van der Waals surface area contributed by atoms with E-state index in [1.54, 1.807) is 0 Å². The van der Waals surface area contributed by atoms with Crippen LogP contribution in [0.5, 0.6) is 0 Å². The number of unbranched alkanes of at least 4 members (excludes halogenated alkanes) is 1. The second-order valence-electron chi connectivity index (χ2n) is 3.49. The summed E-state index contributed by atoms with van der Waals surface area (Å²) in [5, 5.41) is 6.72. The fraction of sp³-hybridized carbons (Fsp3) is 1.00. The molecule has 5 heteroatoms. The highest BCUT2D eigenvalue weighted by Crippen LogP contribution is 1.84. The van der Waals surface area contributed by atoms with Crippen LogP contribution in [0, 0.1) is 0 Å². The average Bonchev–Trinajstić information content (AvgIpc) is 2.34. The van der Waals surface area contributed by atoms with Gasteiger partial charge in [-0.3, -0.25) is 0 Å². The van der Waals surface area contributed by atoms with Crippen LogP contribution in [0.2, 0.25) is 0 Å². The Kier molecular flexibility index (Phi) is 23.7. The maximum absolute atomic E-state index is 5.38. The van der Waals surface area contributed by atoms with Crippen LogP contribution in [0.4, 0.5) is 0 Å². The molecule has 0 atom stereocenters. The van der Waals surface area contributed by atoms with Gasteiger partial charge in [-0.05, 0) is 65.0 Å². The molecule has 0 bridgehead atoms. The first kappa shape index (κ1) is 18.5. The van der Waals surface area contributed by atoms with Crippen LogP contribution in [0.3, 0.4) is 0 Å². The third-order valence-corrected chi connectivity index (χ3v) is 2.07. The van der Waals surface area contributed by atoms with Crippen LogP contribution in [0.25, 0.3) is 0 Å². The first-order chi connectivity index (χ1) is 7.91. The summed E-state index contributed by atoms with van der Waals surface area (Å²) in [5.74, 6) is 0. The fourth-order valence-corrected chi connectivity index (χ4v) is 1.20. The molecule has 0 amide bonds. The van der Waals surface area contributed by atoms with Gasteiger partial charge in [-0.15, -0.1) is 11.6 Å². The third kappa shape index (κ3) is 19.7. The van der Waals surface area contributed by atoms with E-state index in [-0.39, 0.29) is 0 Å². The van der Waals surface area contributed by atoms with Crippen LogP contribution in [0.15, 0.2) is 0 Å². The molecule has 0 aromatic carbocycles. The minimum atomic E-state index is 0.785. The molecular weight excluding hydrogens is 224 g/mol. The Bertz CT molecular complexity index is 92.0. The van der Waals surface area contributed by atoms with Crippen molar-refractivity contribution in [2.75, 3.05) is 45.7 Å². The fourth-order valence-electron chi connectivity index (χ4n) is 1.20. The molecule has 0 saturated heterocycles. The highest BCUT2D eigenvalue weighted by Gasteiger charge is 1.89. The number of hydrogen-bond acceptors (Lipinski definition) is 4. The second-order valence-corrected chi connectivity index (χ2v) is 3.49. The predicted octanol–water partition coefficient (Wildman–Crippen LogP) is 0.498. The Morgan fingerprint density at radius 1 is 0.688 bits per heavy atom. The van der Waals surface area contributed by atoms with Crippen LogP contribution < -0.4 is 22.1 Å². The van der Waals surface area contributed by atoms with Gasteiger partial charge in [0.1, 0.15) is 0 Å². The lowest BCUT2D eigenvalue weighted by Gasteiger charge is -2.04. The molecule has 0 heterocycles. The van der Waals surface area contributed by atoms with E-state index < -0.39 is 0 Å². The normalized spacial score (nSPS) is 9.75. The van der Waals surface area contributed by atoms with Gasteiger partial charge >= 0.3 is 0 Å². The summed E-state index contributed by atoms with van der Waals surface area (Å²) in [6.07, 6.45) is 6.10. The zero-order chi connectivity index (χ0) is 12.5. The quantitative estimate of drug-likeness (QED) is 0.319. The molecule has 0 aromatic heterocycles. The van der Waals surface area contributed by atoms with Crippen LogP contribution in [0.1, 0.15) is 25.7 Å². The monoisotopic (exact) mass is 252 g/mol. The van der Waals surface area contributed by atoms with Gasteiger partial charge in [0.2, 0.25) is 0 Å². The maximum Gasteiger partial charge on any atom is 0.0108 e. The van der Waals surface area contributed by atoms with E-state index in [9.17, 15) is 0 Å². The zero-order valence-corrected chi connectivity index (χ0v) is 11.4. The van der Waals surface area contributed by atoms with E-state index in [2.05, 4.69) is 22.2 Å². The lowest BCUT2D eigenvalue weighted by molar-refractivity contribution is 0.570.